The molecule has 1 saturated heterocycles. The highest BCUT2D eigenvalue weighted by molar-refractivity contribution is 9.10. The van der Waals surface area contributed by atoms with Crippen LogP contribution in [0.3, 0.4) is 0 Å². The maximum Gasteiger partial charge on any atom is 0.328 e. The topological polar surface area (TPSA) is 62.6 Å². The number of carbonyl (C=O) groups excluding carboxylic acids is 2. The molecule has 1 aliphatic rings. The summed E-state index contributed by atoms with van der Waals surface area (Å²) in [5.41, 5.74) is 1.38. The van der Waals surface area contributed by atoms with Gasteiger partial charge in [0.2, 0.25) is 5.91 Å². The number of hydrogen-bond donors (Lipinski definition) is 1. The van der Waals surface area contributed by atoms with Crippen LogP contribution in [0.25, 0.3) is 11.0 Å². The summed E-state index contributed by atoms with van der Waals surface area (Å²) in [6.07, 6.45) is 1.83. The second-order valence-corrected chi connectivity index (χ2v) is 4.93. The van der Waals surface area contributed by atoms with E-state index in [1.54, 1.807) is 0 Å². The van der Waals surface area contributed by atoms with Crippen molar-refractivity contribution in [2.24, 2.45) is 0 Å². The Morgan fingerprint density at radius 3 is 2.94 bits per heavy atom. The summed E-state index contributed by atoms with van der Waals surface area (Å²) in [5, 5.41) is 3.13. The summed E-state index contributed by atoms with van der Waals surface area (Å²) >= 11 is 3.39. The number of anilines is 1. The third kappa shape index (κ3) is 1.78. The third-order valence-corrected chi connectivity index (χ3v) is 3.35. The number of benzene rings is 1. The van der Waals surface area contributed by atoms with Gasteiger partial charge in [0.05, 0.1) is 5.69 Å². The number of furan rings is 1. The van der Waals surface area contributed by atoms with Crippen molar-refractivity contribution in [3.05, 3.63) is 28.9 Å². The fourth-order valence-electron chi connectivity index (χ4n) is 1.99. The molecule has 1 aliphatic heterocycles. The number of rotatable bonds is 1. The van der Waals surface area contributed by atoms with Crippen molar-refractivity contribution < 1.29 is 14.0 Å². The second kappa shape index (κ2) is 4.13. The van der Waals surface area contributed by atoms with Crippen molar-refractivity contribution in [3.63, 3.8) is 0 Å². The first-order valence-electron chi connectivity index (χ1n) is 5.43. The predicted octanol–water partition coefficient (Wildman–Crippen LogP) is 2.64. The van der Waals surface area contributed by atoms with E-state index >= 15 is 0 Å². The standard InChI is InChI=1S/C12H9BrN2O3/c13-7-1-2-10-8(5-7)9(6-18-10)15-4-3-11(16)14-12(15)17/h1-2,5-6H,3-4H2,(H,14,16,17). The summed E-state index contributed by atoms with van der Waals surface area (Å²) in [6.45, 7) is 0.367. The molecule has 2 aromatic rings. The lowest BCUT2D eigenvalue weighted by Gasteiger charge is -2.25. The van der Waals surface area contributed by atoms with E-state index in [1.807, 2.05) is 18.2 Å². The molecule has 0 radical (unpaired) electrons. The minimum absolute atomic E-state index is 0.245. The summed E-state index contributed by atoms with van der Waals surface area (Å²) in [4.78, 5) is 24.4. The molecule has 1 fully saturated rings. The van der Waals surface area contributed by atoms with Crippen LogP contribution in [-0.4, -0.2) is 18.5 Å². The zero-order valence-corrected chi connectivity index (χ0v) is 10.9. The Kier molecular flexibility index (Phi) is 2.59. The van der Waals surface area contributed by atoms with Gasteiger partial charge in [0.15, 0.2) is 0 Å². The van der Waals surface area contributed by atoms with Crippen LogP contribution in [-0.2, 0) is 4.79 Å². The van der Waals surface area contributed by atoms with Crippen molar-refractivity contribution >= 4 is 44.5 Å². The number of halogens is 1. The van der Waals surface area contributed by atoms with Crippen LogP contribution in [0.2, 0.25) is 0 Å². The Labute approximate surface area is 111 Å². The molecule has 3 amide bonds. The Balaban J connectivity index is 2.06. The fourth-order valence-corrected chi connectivity index (χ4v) is 2.35. The SMILES string of the molecule is O=C1CCN(c2coc3ccc(Br)cc23)C(=O)N1. The number of amides is 3. The highest BCUT2D eigenvalue weighted by atomic mass is 79.9. The smallest absolute Gasteiger partial charge is 0.328 e. The molecule has 1 aromatic carbocycles. The van der Waals surface area contributed by atoms with Crippen molar-refractivity contribution in [1.29, 1.82) is 0 Å². The van der Waals surface area contributed by atoms with E-state index in [4.69, 9.17) is 4.42 Å². The minimum atomic E-state index is -0.408. The number of hydrogen-bond acceptors (Lipinski definition) is 3. The van der Waals surface area contributed by atoms with Gasteiger partial charge in [-0.05, 0) is 18.2 Å². The Hall–Kier alpha value is -1.82. The average molecular weight is 309 g/mol. The van der Waals surface area contributed by atoms with Crippen molar-refractivity contribution in [1.82, 2.24) is 5.32 Å². The first kappa shape index (κ1) is 11.3. The molecule has 6 heteroatoms. The molecule has 5 nitrogen and oxygen atoms in total. The van der Waals surface area contributed by atoms with Gasteiger partial charge in [-0.3, -0.25) is 15.0 Å². The highest BCUT2D eigenvalue weighted by Crippen LogP contribution is 2.32. The van der Waals surface area contributed by atoms with Gasteiger partial charge in [0.1, 0.15) is 11.8 Å². The molecule has 0 aliphatic carbocycles. The van der Waals surface area contributed by atoms with Gasteiger partial charge in [-0.15, -0.1) is 0 Å². The van der Waals surface area contributed by atoms with Crippen LogP contribution < -0.4 is 10.2 Å². The zero-order valence-electron chi connectivity index (χ0n) is 9.27. The normalized spacial score (nSPS) is 16.2. The molecule has 2 heterocycles. The van der Waals surface area contributed by atoms with Gasteiger partial charge in [-0.25, -0.2) is 4.79 Å². The molecule has 18 heavy (non-hydrogen) atoms. The molecular weight excluding hydrogens is 300 g/mol. The maximum absolute atomic E-state index is 11.8. The summed E-state index contributed by atoms with van der Waals surface area (Å²) < 4.78 is 6.31. The van der Waals surface area contributed by atoms with Gasteiger partial charge in [-0.1, -0.05) is 15.9 Å². The molecule has 0 spiro atoms. The van der Waals surface area contributed by atoms with Crippen LogP contribution in [0.4, 0.5) is 10.5 Å². The van der Waals surface area contributed by atoms with Crippen LogP contribution in [0.15, 0.2) is 33.4 Å². The minimum Gasteiger partial charge on any atom is -0.462 e. The lowest BCUT2D eigenvalue weighted by molar-refractivity contribution is -0.120. The number of nitrogens with zero attached hydrogens (tertiary/aromatic N) is 1. The molecule has 0 unspecified atom stereocenters. The Morgan fingerprint density at radius 1 is 1.33 bits per heavy atom. The van der Waals surface area contributed by atoms with E-state index in [0.717, 1.165) is 9.86 Å². The van der Waals surface area contributed by atoms with Gasteiger partial charge >= 0.3 is 6.03 Å². The monoisotopic (exact) mass is 308 g/mol. The van der Waals surface area contributed by atoms with E-state index in [2.05, 4.69) is 21.2 Å². The Bertz CT molecular complexity index is 650. The van der Waals surface area contributed by atoms with E-state index in [1.165, 1.54) is 11.2 Å². The molecule has 92 valence electrons. The number of urea groups is 1. The van der Waals surface area contributed by atoms with Crippen LogP contribution >= 0.6 is 15.9 Å². The first-order valence-corrected chi connectivity index (χ1v) is 6.22. The first-order chi connectivity index (χ1) is 8.65. The quantitative estimate of drug-likeness (QED) is 0.881. The van der Waals surface area contributed by atoms with E-state index in [9.17, 15) is 9.59 Å². The van der Waals surface area contributed by atoms with Crippen LogP contribution in [0, 0.1) is 0 Å². The lowest BCUT2D eigenvalue weighted by Crippen LogP contribution is -2.49. The van der Waals surface area contributed by atoms with Crippen LogP contribution in [0.1, 0.15) is 6.42 Å². The molecule has 0 bridgehead atoms. The summed E-state index contributed by atoms with van der Waals surface area (Å²) in [7, 11) is 0. The zero-order chi connectivity index (χ0) is 12.7. The number of imide groups is 1. The highest BCUT2D eigenvalue weighted by Gasteiger charge is 2.26. The fraction of sp³-hybridized carbons (Fsp3) is 0.167. The van der Waals surface area contributed by atoms with Crippen LogP contribution in [0.5, 0.6) is 0 Å². The summed E-state index contributed by atoms with van der Waals surface area (Å²) in [5.74, 6) is -0.245. The van der Waals surface area contributed by atoms with Gasteiger partial charge in [0, 0.05) is 22.8 Å². The summed E-state index contributed by atoms with van der Waals surface area (Å²) in [6, 6.07) is 5.18. The van der Waals surface area contributed by atoms with Crippen molar-refractivity contribution in [2.75, 3.05) is 11.4 Å². The molecule has 0 saturated carbocycles. The van der Waals surface area contributed by atoms with Crippen molar-refractivity contribution in [2.45, 2.75) is 6.42 Å². The Morgan fingerprint density at radius 2 is 2.17 bits per heavy atom. The van der Waals surface area contributed by atoms with E-state index in [-0.39, 0.29) is 5.91 Å². The van der Waals surface area contributed by atoms with Gasteiger partial charge in [0.25, 0.3) is 0 Å². The third-order valence-electron chi connectivity index (χ3n) is 2.86. The van der Waals surface area contributed by atoms with Gasteiger partial charge < -0.3 is 4.42 Å². The number of fused-ring (bicyclic) bond motifs is 1. The van der Waals surface area contributed by atoms with E-state index < -0.39 is 6.03 Å². The predicted molar refractivity (Wildman–Crippen MR) is 69.4 cm³/mol. The van der Waals surface area contributed by atoms with Crippen molar-refractivity contribution in [3.8, 4) is 0 Å². The number of nitrogens with one attached hydrogen (secondary N) is 1. The van der Waals surface area contributed by atoms with E-state index in [0.29, 0.717) is 24.2 Å². The molecule has 0 atom stereocenters. The second-order valence-electron chi connectivity index (χ2n) is 4.02. The molecular formula is C12H9BrN2O3. The maximum atomic E-state index is 11.8. The molecule has 1 N–H and O–H groups in total. The van der Waals surface area contributed by atoms with Gasteiger partial charge in [-0.2, -0.15) is 0 Å². The lowest BCUT2D eigenvalue weighted by atomic mass is 10.2. The molecule has 3 rings (SSSR count). The molecule has 1 aromatic heterocycles. The average Bonchev–Trinajstić information content (AvgIpc) is 2.72. The largest absolute Gasteiger partial charge is 0.462 e. The number of carbonyl (C=O) groups is 2.